The van der Waals surface area contributed by atoms with Gasteiger partial charge in [-0.2, -0.15) is 0 Å². The summed E-state index contributed by atoms with van der Waals surface area (Å²) in [6.07, 6.45) is -26.5. The molecule has 0 aromatic heterocycles. The van der Waals surface area contributed by atoms with Gasteiger partial charge in [-0.3, -0.25) is 4.79 Å². The molecule has 0 aromatic carbocycles. The standard InChI is InChI=1S/C55H86O24/c1-10-23(2)46(71)79-43-44(72-24(3)60)55(22-59)26(17-50(43,4)5)25-11-12-30-51(6)15-14-32(52(7,21-58)29(51)13-16-53(30,8)54(25,9)18-31(55)61)75-49-41(77-48-38(67)36(65)34(63)28(20-57)74-48)39(68)40(42(78-49)45(69)70)76-47-37(66)35(64)33(62)27(19-56)73-47/h10-11,26-44,47-49,56-59,61-68H,12-22H2,1-9H3,(H,69,70)/b23-10-/t26?,27?,28?,29?,30?,31-,32+,33?,34?,35?,36?,37?,38?,39?,40?,41?,42?,43+,44+,47?,48?,49?,51+,52?,53-,54-,55?/m1/s1. The van der Waals surface area contributed by atoms with Gasteiger partial charge in [-0.1, -0.05) is 59.3 Å². The third-order valence-corrected chi connectivity index (χ3v) is 21.1. The number of hydrogen-bond acceptors (Lipinski definition) is 23. The minimum atomic E-state index is -2.18. The normalized spacial score (nSPS) is 50.6. The van der Waals surface area contributed by atoms with E-state index in [4.69, 9.17) is 37.9 Å². The van der Waals surface area contributed by atoms with Crippen LogP contribution in [-0.4, -0.2) is 227 Å². The van der Waals surface area contributed by atoms with Gasteiger partial charge < -0.3 is 104 Å². The molecule has 27 atom stereocenters. The second-order valence-electron chi connectivity index (χ2n) is 25.5. The number of allylic oxidation sites excluding steroid dienone is 3. The van der Waals surface area contributed by atoms with E-state index >= 15 is 0 Å². The first-order valence-electron chi connectivity index (χ1n) is 27.7. The SMILES string of the molecule is C/C=C(/C)C(=O)O[C@H]1[C@H](OC(C)=O)C2(CO)C(CC1(C)C)C1=CCC3[C@@]4(C)CC[C@H](OC5OC(C(=O)O)C(OC6OC(CO)C(O)C(O)C6O)C(O)C5OC5OC(CO)C(O)C(O)C5O)C(C)(CO)C4CC[C@@]3(C)[C@]1(C)C[C@H]2O. The molecule has 5 aliphatic carbocycles. The number of aliphatic hydroxyl groups is 12. The van der Waals surface area contributed by atoms with E-state index in [1.807, 2.05) is 20.8 Å². The number of aliphatic hydroxyl groups excluding tert-OH is 12. The Morgan fingerprint density at radius 2 is 1.24 bits per heavy atom. The topological polar surface area (TPSA) is 388 Å². The molecule has 0 spiro atoms. The molecule has 0 bridgehead atoms. The van der Waals surface area contributed by atoms with E-state index in [1.54, 1.807) is 19.9 Å². The predicted molar refractivity (Wildman–Crippen MR) is 269 cm³/mol. The van der Waals surface area contributed by atoms with Gasteiger partial charge in [-0.05, 0) is 92.8 Å². The van der Waals surface area contributed by atoms with Crippen molar-refractivity contribution >= 4 is 17.9 Å². The Labute approximate surface area is 459 Å². The number of carboxylic acids is 1. The highest BCUT2D eigenvalue weighted by molar-refractivity contribution is 5.87. The minimum Gasteiger partial charge on any atom is -0.479 e. The fourth-order valence-electron chi connectivity index (χ4n) is 16.2. The zero-order chi connectivity index (χ0) is 58.4. The minimum absolute atomic E-state index is 0.0849. The second-order valence-corrected chi connectivity index (χ2v) is 25.5. The van der Waals surface area contributed by atoms with Gasteiger partial charge in [0, 0.05) is 23.3 Å². The van der Waals surface area contributed by atoms with Crippen LogP contribution >= 0.6 is 0 Å². The number of rotatable bonds is 14. The first kappa shape index (κ1) is 62.2. The van der Waals surface area contributed by atoms with E-state index in [1.165, 1.54) is 6.92 Å². The monoisotopic (exact) mass is 1130 g/mol. The highest BCUT2D eigenvalue weighted by Crippen LogP contribution is 2.76. The van der Waals surface area contributed by atoms with Gasteiger partial charge in [-0.15, -0.1) is 0 Å². The molecule has 24 nitrogen and oxygen atoms in total. The van der Waals surface area contributed by atoms with Crippen LogP contribution in [0, 0.1) is 50.2 Å². The first-order chi connectivity index (χ1) is 36.9. The fourth-order valence-corrected chi connectivity index (χ4v) is 16.2. The van der Waals surface area contributed by atoms with Crippen LogP contribution < -0.4 is 0 Å². The smallest absolute Gasteiger partial charge is 0.335 e. The number of esters is 2. The van der Waals surface area contributed by atoms with Crippen LogP contribution in [0.3, 0.4) is 0 Å². The third-order valence-electron chi connectivity index (χ3n) is 21.1. The highest BCUT2D eigenvalue weighted by atomic mass is 16.8. The molecule has 79 heavy (non-hydrogen) atoms. The third kappa shape index (κ3) is 9.94. The van der Waals surface area contributed by atoms with Gasteiger partial charge in [0.15, 0.2) is 25.0 Å². The van der Waals surface area contributed by atoms with Crippen molar-refractivity contribution in [2.75, 3.05) is 26.4 Å². The Morgan fingerprint density at radius 1 is 0.658 bits per heavy atom. The fraction of sp³-hybridized carbons (Fsp3) is 0.873. The molecule has 0 amide bonds. The number of ether oxygens (including phenoxy) is 8. The van der Waals surface area contributed by atoms with Crippen LogP contribution in [0.15, 0.2) is 23.3 Å². The quantitative estimate of drug-likeness (QED) is 0.0415. The maximum absolute atomic E-state index is 13.4. The van der Waals surface area contributed by atoms with Gasteiger partial charge in [0.2, 0.25) is 0 Å². The lowest BCUT2D eigenvalue weighted by molar-refractivity contribution is -0.392. The average molecular weight is 1130 g/mol. The van der Waals surface area contributed by atoms with Crippen LogP contribution in [0.2, 0.25) is 0 Å². The van der Waals surface area contributed by atoms with Crippen molar-refractivity contribution in [3.8, 4) is 0 Å². The number of carboxylic acid groups (broad SMARTS) is 1. The maximum Gasteiger partial charge on any atom is 0.335 e. The van der Waals surface area contributed by atoms with E-state index in [0.29, 0.717) is 37.7 Å². The van der Waals surface area contributed by atoms with Crippen LogP contribution in [0.1, 0.15) is 107 Å². The lowest BCUT2D eigenvalue weighted by atomic mass is 9.33. The molecule has 4 saturated carbocycles. The summed E-state index contributed by atoms with van der Waals surface area (Å²) >= 11 is 0. The zero-order valence-corrected chi connectivity index (χ0v) is 46.4. The summed E-state index contributed by atoms with van der Waals surface area (Å²) < 4.78 is 48.2. The van der Waals surface area contributed by atoms with Crippen LogP contribution in [-0.2, 0) is 52.3 Å². The summed E-state index contributed by atoms with van der Waals surface area (Å²) in [7, 11) is 0. The molecule has 0 aromatic rings. The van der Waals surface area contributed by atoms with Crippen LogP contribution in [0.4, 0.5) is 0 Å². The van der Waals surface area contributed by atoms with E-state index < -0.39 is 199 Å². The predicted octanol–water partition coefficient (Wildman–Crippen LogP) is -1.32. The summed E-state index contributed by atoms with van der Waals surface area (Å²) in [6, 6.07) is 0. The van der Waals surface area contributed by atoms with Crippen molar-refractivity contribution in [1.29, 1.82) is 0 Å². The van der Waals surface area contributed by atoms with Crippen molar-refractivity contribution in [2.24, 2.45) is 50.2 Å². The van der Waals surface area contributed by atoms with Crippen LogP contribution in [0.5, 0.6) is 0 Å². The number of carbonyl (C=O) groups is 3. The van der Waals surface area contributed by atoms with Gasteiger partial charge >= 0.3 is 17.9 Å². The molecule has 8 aliphatic rings. The molecule has 0 radical (unpaired) electrons. The molecule has 20 unspecified atom stereocenters. The lowest BCUT2D eigenvalue weighted by Crippen LogP contribution is -2.72. The summed E-state index contributed by atoms with van der Waals surface area (Å²) in [5.74, 6) is -3.88. The molecule has 8 rings (SSSR count). The largest absolute Gasteiger partial charge is 0.479 e. The number of fused-ring (bicyclic) bond motifs is 7. The van der Waals surface area contributed by atoms with Crippen LogP contribution in [0.25, 0.3) is 0 Å². The molecular weight excluding hydrogens is 1040 g/mol. The van der Waals surface area contributed by atoms with Gasteiger partial charge in [-0.25, -0.2) is 9.59 Å². The molecule has 13 N–H and O–H groups in total. The Bertz CT molecular complexity index is 2290. The summed E-state index contributed by atoms with van der Waals surface area (Å²) in [4.78, 5) is 39.5. The molecule has 7 fully saturated rings. The van der Waals surface area contributed by atoms with Gasteiger partial charge in [0.1, 0.15) is 79.4 Å². The Morgan fingerprint density at radius 3 is 1.76 bits per heavy atom. The van der Waals surface area contributed by atoms with Crippen molar-refractivity contribution in [3.05, 3.63) is 23.3 Å². The van der Waals surface area contributed by atoms with Gasteiger partial charge in [0.25, 0.3) is 0 Å². The van der Waals surface area contributed by atoms with Gasteiger partial charge in [0.05, 0.1) is 44.1 Å². The lowest BCUT2D eigenvalue weighted by Gasteiger charge is -2.72. The molecule has 3 heterocycles. The molecule has 450 valence electrons. The van der Waals surface area contributed by atoms with E-state index in [9.17, 15) is 80.8 Å². The van der Waals surface area contributed by atoms with E-state index in [-0.39, 0.29) is 24.7 Å². The number of aliphatic carboxylic acids is 1. The average Bonchev–Trinajstić information content (AvgIpc) is 3.25. The maximum atomic E-state index is 13.4. The zero-order valence-electron chi connectivity index (χ0n) is 46.4. The number of carbonyl (C=O) groups excluding carboxylic acids is 2. The molecule has 24 heteroatoms. The summed E-state index contributed by atoms with van der Waals surface area (Å²) in [5.41, 5.74) is -3.78. The molecule has 3 aliphatic heterocycles. The molecular formula is C55H86O24. The van der Waals surface area contributed by atoms with Crippen molar-refractivity contribution in [3.63, 3.8) is 0 Å². The second kappa shape index (κ2) is 22.6. The van der Waals surface area contributed by atoms with E-state index in [0.717, 1.165) is 5.57 Å². The van der Waals surface area contributed by atoms with Crippen molar-refractivity contribution in [2.45, 2.75) is 224 Å². The molecule has 3 saturated heterocycles. The highest BCUT2D eigenvalue weighted by Gasteiger charge is 2.74. The van der Waals surface area contributed by atoms with E-state index in [2.05, 4.69) is 26.8 Å². The Balaban J connectivity index is 1.12. The number of hydrogen-bond donors (Lipinski definition) is 13. The summed E-state index contributed by atoms with van der Waals surface area (Å²) in [6.45, 7) is 14.1. The Hall–Kier alpha value is -2.83. The summed E-state index contributed by atoms with van der Waals surface area (Å²) in [5, 5.41) is 143. The first-order valence-corrected chi connectivity index (χ1v) is 27.7. The Kier molecular flexibility index (Phi) is 17.8. The van der Waals surface area contributed by atoms with Crippen molar-refractivity contribution < 1.29 is 119 Å². The van der Waals surface area contributed by atoms with Crippen molar-refractivity contribution in [1.82, 2.24) is 0 Å².